The van der Waals surface area contributed by atoms with Crippen molar-refractivity contribution in [2.75, 3.05) is 6.61 Å². The molecular formula is C15H20N4O10. The quantitative estimate of drug-likeness (QED) is 0.204. The number of ether oxygens (including phenoxy) is 5. The van der Waals surface area contributed by atoms with Gasteiger partial charge in [-0.1, -0.05) is 0 Å². The number of urea groups is 1. The van der Waals surface area contributed by atoms with Crippen LogP contribution >= 0.6 is 0 Å². The fraction of sp³-hybridized carbons (Fsp3) is 0.667. The maximum absolute atomic E-state index is 11.8. The van der Waals surface area contributed by atoms with Gasteiger partial charge in [0.1, 0.15) is 18.8 Å². The molecular weight excluding hydrogens is 396 g/mol. The SMILES string of the molecule is CC(=O)OC[C@H]1O[C@@H](OC(C)=O)[C@H](NC(=O)N=[N+]=[N-])[C@@H](OC(C)=O)[C@@H]1OC(C)=O. The van der Waals surface area contributed by atoms with Gasteiger partial charge in [0.05, 0.1) is 0 Å². The van der Waals surface area contributed by atoms with Gasteiger partial charge < -0.3 is 29.0 Å². The normalized spacial score (nSPS) is 25.6. The topological polar surface area (TPSA) is 192 Å². The standard InChI is InChI=1S/C15H20N4O10/c1-6(20)25-5-10-12(26-7(2)21)13(27-8(3)22)11(17-15(24)18-19-16)14(29-10)28-9(4)23/h10-14H,5H2,1-4H3,(H,17,24)/t10-,11-,12-,13-,14-/m1/s1. The first kappa shape index (κ1) is 23.7. The number of carbonyl (C=O) groups excluding carboxylic acids is 5. The predicted octanol–water partition coefficient (Wildman–Crippen LogP) is 0.0894. The predicted molar refractivity (Wildman–Crippen MR) is 89.6 cm³/mol. The third kappa shape index (κ3) is 7.63. The van der Waals surface area contributed by atoms with E-state index >= 15 is 0 Å². The lowest BCUT2D eigenvalue weighted by Crippen LogP contribution is -2.66. The summed E-state index contributed by atoms with van der Waals surface area (Å²) < 4.78 is 25.7. The summed E-state index contributed by atoms with van der Waals surface area (Å²) in [5, 5.41) is 5.01. The molecule has 0 unspecified atom stereocenters. The minimum atomic E-state index is -1.55. The largest absolute Gasteiger partial charge is 0.463 e. The van der Waals surface area contributed by atoms with Gasteiger partial charge in [-0.05, 0) is 5.53 Å². The van der Waals surface area contributed by atoms with Crippen LogP contribution in [0.15, 0.2) is 5.11 Å². The van der Waals surface area contributed by atoms with E-state index in [9.17, 15) is 24.0 Å². The van der Waals surface area contributed by atoms with Crippen molar-refractivity contribution in [1.82, 2.24) is 5.32 Å². The van der Waals surface area contributed by atoms with E-state index in [1.807, 2.05) is 0 Å². The molecule has 1 fully saturated rings. The lowest BCUT2D eigenvalue weighted by atomic mass is 9.96. The minimum Gasteiger partial charge on any atom is -0.463 e. The van der Waals surface area contributed by atoms with Crippen LogP contribution in [0.3, 0.4) is 0 Å². The van der Waals surface area contributed by atoms with Crippen LogP contribution in [0, 0.1) is 0 Å². The van der Waals surface area contributed by atoms with Gasteiger partial charge in [-0.3, -0.25) is 24.0 Å². The Morgan fingerprint density at radius 3 is 1.97 bits per heavy atom. The molecule has 0 bridgehead atoms. The Balaban J connectivity index is 3.36. The molecule has 0 aliphatic carbocycles. The van der Waals surface area contributed by atoms with Gasteiger partial charge in [0.2, 0.25) is 6.29 Å². The summed E-state index contributed by atoms with van der Waals surface area (Å²) >= 11 is 0. The number of carbonyl (C=O) groups is 5. The lowest BCUT2D eigenvalue weighted by Gasteiger charge is -2.44. The molecule has 0 saturated carbocycles. The van der Waals surface area contributed by atoms with E-state index in [0.29, 0.717) is 0 Å². The lowest BCUT2D eigenvalue weighted by molar-refractivity contribution is -0.270. The average Bonchev–Trinajstić information content (AvgIpc) is 2.57. The highest BCUT2D eigenvalue weighted by Crippen LogP contribution is 2.28. The Morgan fingerprint density at radius 2 is 1.48 bits per heavy atom. The van der Waals surface area contributed by atoms with Gasteiger partial charge in [-0.25, -0.2) is 0 Å². The number of azide groups is 1. The summed E-state index contributed by atoms with van der Waals surface area (Å²) in [6, 6.07) is -2.62. The number of nitrogens with zero attached hydrogens (tertiary/aromatic N) is 3. The number of hydrogen-bond acceptors (Lipinski definition) is 10. The van der Waals surface area contributed by atoms with Crippen LogP contribution in [0.25, 0.3) is 10.4 Å². The van der Waals surface area contributed by atoms with Crippen molar-refractivity contribution >= 4 is 29.9 Å². The van der Waals surface area contributed by atoms with Crippen molar-refractivity contribution < 1.29 is 47.7 Å². The molecule has 14 nitrogen and oxygen atoms in total. The highest BCUT2D eigenvalue weighted by atomic mass is 16.7. The second-order valence-corrected chi connectivity index (χ2v) is 5.77. The molecule has 1 aliphatic heterocycles. The molecule has 5 atom stereocenters. The monoisotopic (exact) mass is 416 g/mol. The number of nitrogens with one attached hydrogen (secondary N) is 1. The summed E-state index contributed by atoms with van der Waals surface area (Å²) in [5.41, 5.74) is 8.40. The van der Waals surface area contributed by atoms with Crippen LogP contribution in [-0.2, 0) is 42.9 Å². The van der Waals surface area contributed by atoms with E-state index < -0.39 is 67.2 Å². The molecule has 0 aromatic carbocycles. The van der Waals surface area contributed by atoms with Gasteiger partial charge >= 0.3 is 29.9 Å². The summed E-state index contributed by atoms with van der Waals surface area (Å²) in [6.07, 6.45) is -5.57. The van der Waals surface area contributed by atoms with E-state index in [2.05, 4.69) is 15.3 Å². The molecule has 0 radical (unpaired) electrons. The van der Waals surface area contributed by atoms with Crippen LogP contribution in [-0.4, -0.2) is 67.2 Å². The van der Waals surface area contributed by atoms with Crippen molar-refractivity contribution in [2.45, 2.75) is 58.3 Å². The molecule has 0 aromatic heterocycles. The van der Waals surface area contributed by atoms with E-state index in [-0.39, 0.29) is 0 Å². The molecule has 0 aromatic rings. The molecule has 1 heterocycles. The second-order valence-electron chi connectivity index (χ2n) is 5.77. The van der Waals surface area contributed by atoms with Gasteiger partial charge in [0.25, 0.3) is 0 Å². The van der Waals surface area contributed by atoms with Gasteiger partial charge in [-0.2, -0.15) is 0 Å². The Bertz CT molecular complexity index is 720. The zero-order valence-corrected chi connectivity index (χ0v) is 16.0. The van der Waals surface area contributed by atoms with Gasteiger partial charge in [-0.15, -0.1) is 0 Å². The highest BCUT2D eigenvalue weighted by Gasteiger charge is 2.52. The first-order valence-electron chi connectivity index (χ1n) is 8.21. The molecule has 14 heteroatoms. The Kier molecular flexibility index (Phi) is 8.83. The summed E-state index contributed by atoms with van der Waals surface area (Å²) in [4.78, 5) is 59.8. The third-order valence-electron chi connectivity index (χ3n) is 3.41. The Morgan fingerprint density at radius 1 is 0.931 bits per heavy atom. The molecule has 160 valence electrons. The minimum absolute atomic E-state index is 0.445. The summed E-state index contributed by atoms with van der Waals surface area (Å²) in [5.74, 6) is -3.13. The molecule has 1 aliphatic rings. The summed E-state index contributed by atoms with van der Waals surface area (Å²) in [7, 11) is 0. The molecule has 1 rings (SSSR count). The van der Waals surface area contributed by atoms with E-state index in [1.165, 1.54) is 0 Å². The van der Waals surface area contributed by atoms with E-state index in [0.717, 1.165) is 27.7 Å². The fourth-order valence-corrected chi connectivity index (χ4v) is 2.53. The van der Waals surface area contributed by atoms with Crippen molar-refractivity contribution in [1.29, 1.82) is 0 Å². The zero-order chi connectivity index (χ0) is 22.1. The first-order valence-corrected chi connectivity index (χ1v) is 8.21. The van der Waals surface area contributed by atoms with E-state index in [1.54, 1.807) is 0 Å². The van der Waals surface area contributed by atoms with Crippen molar-refractivity contribution in [3.63, 3.8) is 0 Å². The molecule has 1 saturated heterocycles. The van der Waals surface area contributed by atoms with E-state index in [4.69, 9.17) is 29.2 Å². The van der Waals surface area contributed by atoms with Crippen LogP contribution < -0.4 is 5.32 Å². The molecule has 0 spiro atoms. The van der Waals surface area contributed by atoms with Gasteiger partial charge in [0.15, 0.2) is 12.2 Å². The summed E-state index contributed by atoms with van der Waals surface area (Å²) in [6.45, 7) is 3.85. The van der Waals surface area contributed by atoms with Crippen LogP contribution in [0.1, 0.15) is 27.7 Å². The van der Waals surface area contributed by atoms with Gasteiger partial charge in [0, 0.05) is 37.7 Å². The average molecular weight is 416 g/mol. The zero-order valence-electron chi connectivity index (χ0n) is 16.0. The van der Waals surface area contributed by atoms with Crippen molar-refractivity contribution in [2.24, 2.45) is 5.11 Å². The third-order valence-corrected chi connectivity index (χ3v) is 3.41. The second kappa shape index (κ2) is 10.8. The van der Waals surface area contributed by atoms with Crippen molar-refractivity contribution in [3.05, 3.63) is 10.4 Å². The fourth-order valence-electron chi connectivity index (χ4n) is 2.53. The first-order chi connectivity index (χ1) is 13.5. The Labute approximate surface area is 164 Å². The molecule has 1 N–H and O–H groups in total. The maximum atomic E-state index is 11.8. The number of hydrogen-bond donors (Lipinski definition) is 1. The smallest absolute Gasteiger partial charge is 0.308 e. The van der Waals surface area contributed by atoms with Crippen LogP contribution in [0.5, 0.6) is 0 Å². The Hall–Kier alpha value is -3.38. The number of rotatable bonds is 6. The molecule has 2 amide bonds. The van der Waals surface area contributed by atoms with Crippen LogP contribution in [0.4, 0.5) is 4.79 Å². The number of amides is 2. The highest BCUT2D eigenvalue weighted by molar-refractivity contribution is 5.75. The van der Waals surface area contributed by atoms with Crippen LogP contribution in [0.2, 0.25) is 0 Å². The molecule has 29 heavy (non-hydrogen) atoms. The van der Waals surface area contributed by atoms with Crippen molar-refractivity contribution in [3.8, 4) is 0 Å². The maximum Gasteiger partial charge on any atom is 0.308 e. The number of esters is 4.